The summed E-state index contributed by atoms with van der Waals surface area (Å²) >= 11 is 0. The molecule has 0 aromatic carbocycles. The summed E-state index contributed by atoms with van der Waals surface area (Å²) < 4.78 is 23.4. The van der Waals surface area contributed by atoms with Gasteiger partial charge in [0.05, 0.1) is 12.4 Å². The number of rotatable bonds is 4. The van der Waals surface area contributed by atoms with E-state index in [9.17, 15) is 8.42 Å². The Bertz CT molecular complexity index is 184. The van der Waals surface area contributed by atoms with E-state index in [0.29, 0.717) is 6.42 Å². The maximum Gasteiger partial charge on any atom is 0.293 e. The minimum atomic E-state index is -3.61. The maximum absolute atomic E-state index is 10.1. The first-order valence-electron chi connectivity index (χ1n) is 3.31. The van der Waals surface area contributed by atoms with Gasteiger partial charge in [0.15, 0.2) is 0 Å². The van der Waals surface area contributed by atoms with Crippen molar-refractivity contribution in [2.75, 3.05) is 12.4 Å². The molecule has 0 aromatic heterocycles. The predicted molar refractivity (Wildman–Crippen MR) is 45.1 cm³/mol. The first-order chi connectivity index (χ1) is 5.54. The number of aliphatic hydroxyl groups is 1. The Morgan fingerprint density at radius 1 is 1.58 bits per heavy atom. The third kappa shape index (κ3) is 12.3. The highest BCUT2D eigenvalue weighted by molar-refractivity contribution is 7.86. The lowest BCUT2D eigenvalue weighted by Gasteiger charge is -1.92. The van der Waals surface area contributed by atoms with E-state index in [0.717, 1.165) is 0 Å². The van der Waals surface area contributed by atoms with E-state index in [1.807, 2.05) is 0 Å². The molecule has 0 aliphatic heterocycles. The second-order valence-electron chi connectivity index (χ2n) is 1.81. The molecule has 0 heterocycles. The minimum absolute atomic E-state index is 0.0833. The van der Waals surface area contributed by atoms with Gasteiger partial charge in [0.2, 0.25) is 0 Å². The molecule has 0 amide bonds. The quantitative estimate of drug-likeness (QED) is 0.387. The van der Waals surface area contributed by atoms with Crippen molar-refractivity contribution in [2.24, 2.45) is 0 Å². The largest absolute Gasteiger partial charge is 0.392 e. The molecule has 0 rings (SSSR count). The van der Waals surface area contributed by atoms with E-state index < -0.39 is 10.1 Å². The predicted octanol–water partition coefficient (Wildman–Crippen LogP) is 0.381. The lowest BCUT2D eigenvalue weighted by Crippen LogP contribution is -2.06. The second kappa shape index (κ2) is 8.66. The molecule has 12 heavy (non-hydrogen) atoms. The van der Waals surface area contributed by atoms with Crippen LogP contribution in [0.5, 0.6) is 0 Å². The van der Waals surface area contributed by atoms with Crippen molar-refractivity contribution in [1.29, 1.82) is 0 Å². The minimum Gasteiger partial charge on any atom is -0.392 e. The van der Waals surface area contributed by atoms with Gasteiger partial charge in [-0.25, -0.2) is 5.26 Å². The summed E-state index contributed by atoms with van der Waals surface area (Å²) in [5.41, 5.74) is 0. The Labute approximate surface area is 72.3 Å². The van der Waals surface area contributed by atoms with Crippen LogP contribution in [-0.4, -0.2) is 31.1 Å². The molecule has 0 bridgehead atoms. The van der Waals surface area contributed by atoms with Crippen LogP contribution in [0.25, 0.3) is 0 Å². The molecule has 0 aliphatic carbocycles. The average molecular weight is 198 g/mol. The molecule has 0 saturated carbocycles. The van der Waals surface area contributed by atoms with Crippen LogP contribution in [0.1, 0.15) is 13.3 Å². The van der Waals surface area contributed by atoms with E-state index in [-0.39, 0.29) is 12.4 Å². The fourth-order valence-electron chi connectivity index (χ4n) is 0.287. The molecule has 0 saturated heterocycles. The summed E-state index contributed by atoms with van der Waals surface area (Å²) in [6.07, 6.45) is 1.88. The normalized spacial score (nSPS) is 9.92. The van der Waals surface area contributed by atoms with E-state index in [1.165, 1.54) is 6.08 Å². The second-order valence-corrected chi connectivity index (χ2v) is 3.48. The molecule has 0 atom stereocenters. The molecule has 0 aliphatic rings. The summed E-state index contributed by atoms with van der Waals surface area (Å²) in [6.45, 7) is 4.99. The van der Waals surface area contributed by atoms with Gasteiger partial charge in [0.1, 0.15) is 0 Å². The average Bonchev–Trinajstić information content (AvgIpc) is 2.05. The van der Waals surface area contributed by atoms with Gasteiger partial charge in [-0.05, 0) is 6.42 Å². The zero-order valence-corrected chi connectivity index (χ0v) is 7.75. The zero-order valence-electron chi connectivity index (χ0n) is 6.93. The standard InChI is InChI=1S/C3H8O4S.C3H6O/c1-2-3-8(5,6)7-4;1-2-3-4/h4H,2-3H2,1H3;2,4H,1,3H2. The van der Waals surface area contributed by atoms with Gasteiger partial charge in [0.25, 0.3) is 10.1 Å². The van der Waals surface area contributed by atoms with Gasteiger partial charge in [-0.3, -0.25) is 0 Å². The van der Waals surface area contributed by atoms with Crippen molar-refractivity contribution in [3.05, 3.63) is 12.7 Å². The maximum atomic E-state index is 10.1. The van der Waals surface area contributed by atoms with Crippen LogP contribution in [0.15, 0.2) is 12.7 Å². The number of hydrogen-bond acceptors (Lipinski definition) is 5. The van der Waals surface area contributed by atoms with Crippen molar-refractivity contribution in [3.8, 4) is 0 Å². The summed E-state index contributed by atoms with van der Waals surface area (Å²) in [5.74, 6) is -0.135. The Balaban J connectivity index is 0. The van der Waals surface area contributed by atoms with Gasteiger partial charge in [-0.1, -0.05) is 13.0 Å². The first kappa shape index (κ1) is 14.1. The third-order valence-electron chi connectivity index (χ3n) is 0.697. The van der Waals surface area contributed by atoms with Crippen molar-refractivity contribution in [1.82, 2.24) is 0 Å². The lowest BCUT2D eigenvalue weighted by molar-refractivity contribution is -0.130. The van der Waals surface area contributed by atoms with Gasteiger partial charge >= 0.3 is 0 Å². The summed E-state index contributed by atoms with van der Waals surface area (Å²) in [5, 5.41) is 15.4. The molecule has 74 valence electrons. The van der Waals surface area contributed by atoms with E-state index in [1.54, 1.807) is 6.92 Å². The van der Waals surface area contributed by atoms with Crippen molar-refractivity contribution >= 4 is 10.1 Å². The third-order valence-corrected chi connectivity index (χ3v) is 1.83. The van der Waals surface area contributed by atoms with Crippen LogP contribution in [0.3, 0.4) is 0 Å². The number of hydrogen-bond donors (Lipinski definition) is 2. The van der Waals surface area contributed by atoms with Gasteiger partial charge in [-0.2, -0.15) is 8.42 Å². The molecule has 0 unspecified atom stereocenters. The van der Waals surface area contributed by atoms with E-state index >= 15 is 0 Å². The molecular formula is C6H14O5S. The Morgan fingerprint density at radius 2 is 2.00 bits per heavy atom. The van der Waals surface area contributed by atoms with Crippen molar-refractivity contribution < 1.29 is 23.1 Å². The van der Waals surface area contributed by atoms with Crippen LogP contribution in [-0.2, 0) is 14.5 Å². The topological polar surface area (TPSA) is 83.8 Å². The van der Waals surface area contributed by atoms with E-state index in [4.69, 9.17) is 10.4 Å². The van der Waals surface area contributed by atoms with Crippen molar-refractivity contribution in [3.63, 3.8) is 0 Å². The summed E-state index contributed by atoms with van der Waals surface area (Å²) in [7, 11) is -3.61. The van der Waals surface area contributed by atoms with Crippen LogP contribution >= 0.6 is 0 Å². The molecule has 0 fully saturated rings. The van der Waals surface area contributed by atoms with Crippen molar-refractivity contribution in [2.45, 2.75) is 13.3 Å². The summed E-state index contributed by atoms with van der Waals surface area (Å²) in [4.78, 5) is 0. The molecule has 0 radical (unpaired) electrons. The zero-order chi connectivity index (χ0) is 10.0. The highest BCUT2D eigenvalue weighted by atomic mass is 32.2. The number of aliphatic hydroxyl groups excluding tert-OH is 1. The lowest BCUT2D eigenvalue weighted by atomic mass is 10.6. The van der Waals surface area contributed by atoms with Gasteiger partial charge in [-0.15, -0.1) is 10.9 Å². The monoisotopic (exact) mass is 198 g/mol. The molecular weight excluding hydrogens is 184 g/mol. The smallest absolute Gasteiger partial charge is 0.293 e. The molecule has 2 N–H and O–H groups in total. The molecule has 5 nitrogen and oxygen atoms in total. The van der Waals surface area contributed by atoms with Crippen LogP contribution < -0.4 is 0 Å². The highest BCUT2D eigenvalue weighted by Gasteiger charge is 2.06. The fraction of sp³-hybridized carbons (Fsp3) is 0.667. The highest BCUT2D eigenvalue weighted by Crippen LogP contribution is 1.90. The molecule has 6 heteroatoms. The Morgan fingerprint density at radius 3 is 2.08 bits per heavy atom. The Hall–Kier alpha value is -0.430. The van der Waals surface area contributed by atoms with Crippen LogP contribution in [0.4, 0.5) is 0 Å². The van der Waals surface area contributed by atoms with Gasteiger partial charge in [0, 0.05) is 0 Å². The fourth-order valence-corrected chi connectivity index (χ4v) is 0.862. The van der Waals surface area contributed by atoms with E-state index in [2.05, 4.69) is 10.9 Å². The molecule has 0 spiro atoms. The summed E-state index contributed by atoms with van der Waals surface area (Å²) in [6, 6.07) is 0. The Kier molecular flexibility index (Phi) is 10.2. The van der Waals surface area contributed by atoms with Gasteiger partial charge < -0.3 is 5.11 Å². The first-order valence-corrected chi connectivity index (χ1v) is 4.89. The molecule has 0 aromatic rings. The van der Waals surface area contributed by atoms with Crippen LogP contribution in [0.2, 0.25) is 0 Å². The van der Waals surface area contributed by atoms with Crippen LogP contribution in [0, 0.1) is 0 Å². The SMILES string of the molecule is C=CCO.CCCS(=O)(=O)OO.